The van der Waals surface area contributed by atoms with Gasteiger partial charge in [-0.3, -0.25) is 0 Å². The molecule has 1 rings (SSSR count). The highest BCUT2D eigenvalue weighted by atomic mass is 28.4. The normalized spacial score (nSPS) is 11.9. The van der Waals surface area contributed by atoms with Gasteiger partial charge in [0.25, 0.3) is 0 Å². The van der Waals surface area contributed by atoms with E-state index in [4.69, 9.17) is 4.43 Å². The van der Waals surface area contributed by atoms with Gasteiger partial charge >= 0.3 is 0 Å². The van der Waals surface area contributed by atoms with E-state index in [0.717, 1.165) is 25.0 Å². The predicted octanol–water partition coefficient (Wildman–Crippen LogP) is 9.08. The molecule has 0 aliphatic heterocycles. The summed E-state index contributed by atoms with van der Waals surface area (Å²) in [5.41, 5.74) is 4.12. The zero-order valence-electron chi connectivity index (χ0n) is 21.3. The largest absolute Gasteiger partial charge is 0.543 e. The summed E-state index contributed by atoms with van der Waals surface area (Å²) in [5.74, 6) is 8.14. The molecule has 30 heavy (non-hydrogen) atoms. The second kappa shape index (κ2) is 13.3. The summed E-state index contributed by atoms with van der Waals surface area (Å²) in [6.07, 6.45) is 13.2. The quantitative estimate of drug-likeness (QED) is 0.183. The molecule has 0 bridgehead atoms. The highest BCUT2D eigenvalue weighted by Crippen LogP contribution is 2.38. The molecule has 1 aromatic rings. The van der Waals surface area contributed by atoms with Crippen molar-refractivity contribution in [3.8, 4) is 17.6 Å². The second-order valence-electron chi connectivity index (χ2n) is 10.3. The Hall–Kier alpha value is -1.20. The minimum absolute atomic E-state index is 0.205. The maximum absolute atomic E-state index is 6.74. The van der Waals surface area contributed by atoms with E-state index in [-0.39, 0.29) is 5.04 Å². The number of aryl methyl sites for hydroxylation is 2. The molecule has 0 aliphatic carbocycles. The number of rotatable bonds is 12. The lowest BCUT2D eigenvalue weighted by Crippen LogP contribution is -2.43. The van der Waals surface area contributed by atoms with E-state index in [1.54, 1.807) is 0 Å². The lowest BCUT2D eigenvalue weighted by Gasteiger charge is -2.36. The molecule has 0 unspecified atom stereocenters. The molecule has 0 spiro atoms. The standard InChI is InChI=1S/C28H48OSi/c1-9-12-15-17-20-25-23-26(29-30(7,8)28(4,5)6)22-24(19-14-11-3)27(25)21-18-16-13-10-2/h22-23H,9-17,19-20H2,1-8H3. The van der Waals surface area contributed by atoms with Crippen LogP contribution < -0.4 is 4.43 Å². The first-order chi connectivity index (χ1) is 14.2. The van der Waals surface area contributed by atoms with Crippen LogP contribution in [0.15, 0.2) is 12.1 Å². The van der Waals surface area contributed by atoms with Crippen molar-refractivity contribution in [2.45, 2.75) is 130 Å². The summed E-state index contributed by atoms with van der Waals surface area (Å²) < 4.78 is 6.74. The Kier molecular flexibility index (Phi) is 11.9. The number of hydrogen-bond acceptors (Lipinski definition) is 1. The Morgan fingerprint density at radius 1 is 0.800 bits per heavy atom. The van der Waals surface area contributed by atoms with Gasteiger partial charge in [0.2, 0.25) is 8.32 Å². The molecule has 0 fully saturated rings. The highest BCUT2D eigenvalue weighted by molar-refractivity contribution is 6.74. The van der Waals surface area contributed by atoms with E-state index in [1.807, 2.05) is 0 Å². The summed E-state index contributed by atoms with van der Waals surface area (Å²) in [5, 5.41) is 0.205. The molecule has 1 aromatic carbocycles. The predicted molar refractivity (Wildman–Crippen MR) is 137 cm³/mol. The fourth-order valence-electron chi connectivity index (χ4n) is 3.32. The summed E-state index contributed by atoms with van der Waals surface area (Å²) >= 11 is 0. The molecule has 0 aliphatic rings. The van der Waals surface area contributed by atoms with Crippen molar-refractivity contribution in [1.82, 2.24) is 0 Å². The van der Waals surface area contributed by atoms with Gasteiger partial charge in [0, 0.05) is 12.0 Å². The summed E-state index contributed by atoms with van der Waals surface area (Å²) in [4.78, 5) is 0. The van der Waals surface area contributed by atoms with Crippen LogP contribution in [0.1, 0.15) is 116 Å². The Morgan fingerprint density at radius 2 is 1.37 bits per heavy atom. The highest BCUT2D eigenvalue weighted by Gasteiger charge is 2.39. The summed E-state index contributed by atoms with van der Waals surface area (Å²) in [7, 11) is -1.86. The van der Waals surface area contributed by atoms with Crippen LogP contribution in [-0.2, 0) is 12.8 Å². The van der Waals surface area contributed by atoms with Gasteiger partial charge in [-0.05, 0) is 73.5 Å². The van der Waals surface area contributed by atoms with E-state index >= 15 is 0 Å². The first kappa shape index (κ1) is 26.8. The van der Waals surface area contributed by atoms with Crippen LogP contribution in [0.4, 0.5) is 0 Å². The Bertz CT molecular complexity index is 685. The molecular weight excluding hydrogens is 380 g/mol. The van der Waals surface area contributed by atoms with E-state index < -0.39 is 8.32 Å². The average Bonchev–Trinajstić information content (AvgIpc) is 2.67. The monoisotopic (exact) mass is 428 g/mol. The molecule has 0 heterocycles. The van der Waals surface area contributed by atoms with Crippen LogP contribution >= 0.6 is 0 Å². The summed E-state index contributed by atoms with van der Waals surface area (Å²) in [6, 6.07) is 4.64. The first-order valence-corrected chi connectivity index (χ1v) is 15.4. The maximum atomic E-state index is 6.74. The second-order valence-corrected chi connectivity index (χ2v) is 15.0. The molecule has 0 aromatic heterocycles. The van der Waals surface area contributed by atoms with Gasteiger partial charge < -0.3 is 4.43 Å². The fourth-order valence-corrected chi connectivity index (χ4v) is 4.34. The lowest BCUT2D eigenvalue weighted by molar-refractivity contribution is 0.490. The van der Waals surface area contributed by atoms with Crippen LogP contribution in [0, 0.1) is 11.8 Å². The van der Waals surface area contributed by atoms with E-state index in [1.165, 1.54) is 68.1 Å². The molecule has 170 valence electrons. The van der Waals surface area contributed by atoms with Crippen molar-refractivity contribution in [2.75, 3.05) is 0 Å². The van der Waals surface area contributed by atoms with Crippen LogP contribution in [0.2, 0.25) is 18.1 Å². The Morgan fingerprint density at radius 3 is 1.90 bits per heavy atom. The number of hydrogen-bond donors (Lipinski definition) is 0. The third-order valence-electron chi connectivity index (χ3n) is 6.42. The minimum atomic E-state index is -1.86. The van der Waals surface area contributed by atoms with Crippen LogP contribution in [0.25, 0.3) is 0 Å². The molecule has 0 radical (unpaired) electrons. The average molecular weight is 429 g/mol. The summed E-state index contributed by atoms with van der Waals surface area (Å²) in [6.45, 7) is 18.4. The van der Waals surface area contributed by atoms with E-state index in [0.29, 0.717) is 0 Å². The van der Waals surface area contributed by atoms with Crippen molar-refractivity contribution in [2.24, 2.45) is 0 Å². The molecule has 2 heteroatoms. The van der Waals surface area contributed by atoms with E-state index in [2.05, 4.69) is 78.6 Å². The maximum Gasteiger partial charge on any atom is 0.250 e. The van der Waals surface area contributed by atoms with Gasteiger partial charge in [-0.1, -0.05) is 85.5 Å². The Balaban J connectivity index is 3.33. The molecule has 0 saturated heterocycles. The number of unbranched alkanes of at least 4 members (excludes halogenated alkanes) is 6. The third kappa shape index (κ3) is 8.89. The van der Waals surface area contributed by atoms with Crippen molar-refractivity contribution in [3.05, 3.63) is 28.8 Å². The van der Waals surface area contributed by atoms with Crippen molar-refractivity contribution in [3.63, 3.8) is 0 Å². The van der Waals surface area contributed by atoms with Gasteiger partial charge in [0.1, 0.15) is 5.75 Å². The zero-order chi connectivity index (χ0) is 22.6. The van der Waals surface area contributed by atoms with Gasteiger partial charge in [-0.25, -0.2) is 0 Å². The SMILES string of the molecule is CCCCC#Cc1c(CCCC)cc(O[Si](C)(C)C(C)(C)C)cc1CCCCCC. The fraction of sp³-hybridized carbons (Fsp3) is 0.714. The minimum Gasteiger partial charge on any atom is -0.543 e. The molecular formula is C28H48OSi. The Labute approximate surface area is 189 Å². The van der Waals surface area contributed by atoms with Crippen LogP contribution in [-0.4, -0.2) is 8.32 Å². The van der Waals surface area contributed by atoms with Gasteiger partial charge in [-0.15, -0.1) is 0 Å². The van der Waals surface area contributed by atoms with Crippen molar-refractivity contribution >= 4 is 8.32 Å². The van der Waals surface area contributed by atoms with Crippen LogP contribution in [0.5, 0.6) is 5.75 Å². The smallest absolute Gasteiger partial charge is 0.250 e. The van der Waals surface area contributed by atoms with Gasteiger partial charge in [0.15, 0.2) is 0 Å². The van der Waals surface area contributed by atoms with Gasteiger partial charge in [-0.2, -0.15) is 0 Å². The van der Waals surface area contributed by atoms with E-state index in [9.17, 15) is 0 Å². The first-order valence-electron chi connectivity index (χ1n) is 12.5. The zero-order valence-corrected chi connectivity index (χ0v) is 22.3. The third-order valence-corrected chi connectivity index (χ3v) is 10.8. The molecule has 0 amide bonds. The number of benzene rings is 1. The molecule has 0 saturated carbocycles. The molecule has 1 nitrogen and oxygen atoms in total. The molecule has 0 atom stereocenters. The van der Waals surface area contributed by atoms with Gasteiger partial charge in [0.05, 0.1) is 0 Å². The van der Waals surface area contributed by atoms with Crippen molar-refractivity contribution < 1.29 is 4.43 Å². The topological polar surface area (TPSA) is 9.23 Å². The molecule has 0 N–H and O–H groups in total. The van der Waals surface area contributed by atoms with Crippen molar-refractivity contribution in [1.29, 1.82) is 0 Å². The lowest BCUT2D eigenvalue weighted by atomic mass is 9.93. The van der Waals surface area contributed by atoms with Crippen LogP contribution in [0.3, 0.4) is 0 Å².